The highest BCUT2D eigenvalue weighted by Gasteiger charge is 2.33. The number of carbonyl (C=O) groups excluding carboxylic acids is 2. The Morgan fingerprint density at radius 1 is 1.24 bits per heavy atom. The summed E-state index contributed by atoms with van der Waals surface area (Å²) < 4.78 is 0. The van der Waals surface area contributed by atoms with Gasteiger partial charge in [-0.05, 0) is 36.8 Å². The lowest BCUT2D eigenvalue weighted by molar-refractivity contribution is -0.133. The SMILES string of the molecule is CC(=O)NC(CC(=O)N(Cc1cccs1)C1CC1)c1ccc(C)cc1. The van der Waals surface area contributed by atoms with Crippen LogP contribution in [0.15, 0.2) is 41.8 Å². The molecule has 5 heteroatoms. The van der Waals surface area contributed by atoms with Crippen molar-refractivity contribution >= 4 is 23.2 Å². The third-order valence-electron chi connectivity index (χ3n) is 4.45. The van der Waals surface area contributed by atoms with E-state index in [1.807, 2.05) is 47.5 Å². The van der Waals surface area contributed by atoms with E-state index in [0.717, 1.165) is 24.0 Å². The van der Waals surface area contributed by atoms with Crippen molar-refractivity contribution in [3.63, 3.8) is 0 Å². The number of amides is 2. The summed E-state index contributed by atoms with van der Waals surface area (Å²) in [5.74, 6) is -0.00942. The van der Waals surface area contributed by atoms with Crippen molar-refractivity contribution in [3.05, 3.63) is 57.8 Å². The monoisotopic (exact) mass is 356 g/mol. The minimum atomic E-state index is -0.282. The lowest BCUT2D eigenvalue weighted by Crippen LogP contribution is -2.36. The number of rotatable bonds is 7. The van der Waals surface area contributed by atoms with Gasteiger partial charge in [-0.25, -0.2) is 0 Å². The Balaban J connectivity index is 1.73. The minimum Gasteiger partial charge on any atom is -0.349 e. The van der Waals surface area contributed by atoms with Crippen molar-refractivity contribution in [1.29, 1.82) is 0 Å². The van der Waals surface area contributed by atoms with Gasteiger partial charge < -0.3 is 10.2 Å². The number of carbonyl (C=O) groups is 2. The predicted octanol–water partition coefficient (Wildman–Crippen LogP) is 3.82. The summed E-state index contributed by atoms with van der Waals surface area (Å²) in [4.78, 5) is 27.8. The lowest BCUT2D eigenvalue weighted by Gasteiger charge is -2.25. The molecule has 4 nitrogen and oxygen atoms in total. The first-order valence-electron chi connectivity index (χ1n) is 8.68. The molecule has 1 fully saturated rings. The minimum absolute atomic E-state index is 0.107. The Morgan fingerprint density at radius 2 is 1.96 bits per heavy atom. The van der Waals surface area contributed by atoms with Gasteiger partial charge in [-0.1, -0.05) is 35.9 Å². The van der Waals surface area contributed by atoms with Crippen molar-refractivity contribution in [2.24, 2.45) is 0 Å². The highest BCUT2D eigenvalue weighted by molar-refractivity contribution is 7.09. The number of hydrogen-bond acceptors (Lipinski definition) is 3. The van der Waals surface area contributed by atoms with Crippen LogP contribution < -0.4 is 5.32 Å². The van der Waals surface area contributed by atoms with Gasteiger partial charge in [0.05, 0.1) is 19.0 Å². The predicted molar refractivity (Wildman–Crippen MR) is 100 cm³/mol. The van der Waals surface area contributed by atoms with Crippen molar-refractivity contribution in [1.82, 2.24) is 10.2 Å². The lowest BCUT2D eigenvalue weighted by atomic mass is 10.0. The summed E-state index contributed by atoms with van der Waals surface area (Å²) in [6.45, 7) is 4.19. The van der Waals surface area contributed by atoms with Crippen molar-refractivity contribution < 1.29 is 9.59 Å². The van der Waals surface area contributed by atoms with Crippen molar-refractivity contribution in [2.45, 2.75) is 51.7 Å². The zero-order valence-corrected chi connectivity index (χ0v) is 15.5. The van der Waals surface area contributed by atoms with Gasteiger partial charge >= 0.3 is 0 Å². The van der Waals surface area contributed by atoms with E-state index in [-0.39, 0.29) is 17.9 Å². The highest BCUT2D eigenvalue weighted by Crippen LogP contribution is 2.31. The van der Waals surface area contributed by atoms with Crippen LogP contribution in [-0.4, -0.2) is 22.8 Å². The van der Waals surface area contributed by atoms with Gasteiger partial charge in [-0.2, -0.15) is 0 Å². The molecule has 0 bridgehead atoms. The average molecular weight is 356 g/mol. The van der Waals surface area contributed by atoms with Crippen LogP contribution in [0.25, 0.3) is 0 Å². The molecule has 1 atom stereocenters. The van der Waals surface area contributed by atoms with E-state index in [2.05, 4.69) is 11.4 Å². The van der Waals surface area contributed by atoms with Crippen LogP contribution in [-0.2, 0) is 16.1 Å². The van der Waals surface area contributed by atoms with E-state index in [4.69, 9.17) is 0 Å². The largest absolute Gasteiger partial charge is 0.349 e. The molecule has 0 aliphatic heterocycles. The normalized spacial score (nSPS) is 14.8. The Bertz CT molecular complexity index is 721. The zero-order chi connectivity index (χ0) is 17.8. The van der Waals surface area contributed by atoms with Gasteiger partial charge in [0.2, 0.25) is 11.8 Å². The summed E-state index contributed by atoms with van der Waals surface area (Å²) in [6.07, 6.45) is 2.45. The second-order valence-corrected chi connectivity index (χ2v) is 7.73. The molecule has 0 spiro atoms. The van der Waals surface area contributed by atoms with E-state index < -0.39 is 0 Å². The molecule has 1 aromatic heterocycles. The molecule has 1 aliphatic rings. The summed E-state index contributed by atoms with van der Waals surface area (Å²) in [6, 6.07) is 12.2. The number of nitrogens with one attached hydrogen (secondary N) is 1. The van der Waals surface area contributed by atoms with Crippen LogP contribution in [0.2, 0.25) is 0 Å². The molecule has 1 heterocycles. The molecule has 3 rings (SSSR count). The van der Waals surface area contributed by atoms with Crippen LogP contribution in [0.1, 0.15) is 48.2 Å². The van der Waals surface area contributed by atoms with Gasteiger partial charge in [-0.15, -0.1) is 11.3 Å². The number of thiophene rings is 1. The molecule has 0 radical (unpaired) electrons. The van der Waals surface area contributed by atoms with E-state index >= 15 is 0 Å². The molecule has 2 amide bonds. The van der Waals surface area contributed by atoms with Crippen LogP contribution in [0.5, 0.6) is 0 Å². The fraction of sp³-hybridized carbons (Fsp3) is 0.400. The molecule has 1 unspecified atom stereocenters. The highest BCUT2D eigenvalue weighted by atomic mass is 32.1. The number of aryl methyl sites for hydroxylation is 1. The Labute approximate surface area is 152 Å². The van der Waals surface area contributed by atoms with E-state index in [0.29, 0.717) is 19.0 Å². The maximum atomic E-state index is 13.0. The zero-order valence-electron chi connectivity index (χ0n) is 14.7. The van der Waals surface area contributed by atoms with Crippen molar-refractivity contribution in [2.75, 3.05) is 0 Å². The molecule has 1 saturated carbocycles. The van der Waals surface area contributed by atoms with Crippen molar-refractivity contribution in [3.8, 4) is 0 Å². The number of hydrogen-bond donors (Lipinski definition) is 1. The second kappa shape index (κ2) is 7.83. The second-order valence-electron chi connectivity index (χ2n) is 6.70. The molecular formula is C20H24N2O2S. The topological polar surface area (TPSA) is 49.4 Å². The van der Waals surface area contributed by atoms with Crippen LogP contribution in [0.4, 0.5) is 0 Å². The molecule has 25 heavy (non-hydrogen) atoms. The summed E-state index contributed by atoms with van der Waals surface area (Å²) in [5.41, 5.74) is 2.13. The fourth-order valence-corrected chi connectivity index (χ4v) is 3.67. The Kier molecular flexibility index (Phi) is 5.53. The van der Waals surface area contributed by atoms with Gasteiger partial charge in [0.15, 0.2) is 0 Å². The van der Waals surface area contributed by atoms with Crippen LogP contribution in [0.3, 0.4) is 0 Å². The van der Waals surface area contributed by atoms with Gasteiger partial charge in [-0.3, -0.25) is 9.59 Å². The fourth-order valence-electron chi connectivity index (χ4n) is 2.97. The maximum Gasteiger partial charge on any atom is 0.225 e. The number of nitrogens with zero attached hydrogens (tertiary/aromatic N) is 1. The summed E-state index contributed by atoms with van der Waals surface area (Å²) in [5, 5.41) is 4.97. The first-order valence-corrected chi connectivity index (χ1v) is 9.56. The maximum absolute atomic E-state index is 13.0. The molecule has 1 aromatic carbocycles. The summed E-state index contributed by atoms with van der Waals surface area (Å²) >= 11 is 1.68. The quantitative estimate of drug-likeness (QED) is 0.820. The van der Waals surface area contributed by atoms with E-state index in [9.17, 15) is 9.59 Å². The Morgan fingerprint density at radius 3 is 2.52 bits per heavy atom. The van der Waals surface area contributed by atoms with E-state index in [1.165, 1.54) is 11.8 Å². The number of benzene rings is 1. The molecule has 2 aromatic rings. The standard InChI is InChI=1S/C20H24N2O2S/c1-14-5-7-16(8-6-14)19(21-15(2)23)12-20(24)22(17-9-10-17)13-18-4-3-11-25-18/h3-8,11,17,19H,9-10,12-13H2,1-2H3,(H,21,23). The first kappa shape index (κ1) is 17.7. The first-order chi connectivity index (χ1) is 12.0. The molecular weight excluding hydrogens is 332 g/mol. The van der Waals surface area contributed by atoms with Crippen LogP contribution in [0, 0.1) is 6.92 Å². The Hall–Kier alpha value is -2.14. The van der Waals surface area contributed by atoms with Gasteiger partial charge in [0, 0.05) is 17.8 Å². The molecule has 1 aliphatic carbocycles. The summed E-state index contributed by atoms with van der Waals surface area (Å²) in [7, 11) is 0. The van der Waals surface area contributed by atoms with Gasteiger partial charge in [0.25, 0.3) is 0 Å². The molecule has 0 saturated heterocycles. The smallest absolute Gasteiger partial charge is 0.225 e. The third-order valence-corrected chi connectivity index (χ3v) is 5.31. The third kappa shape index (κ3) is 4.92. The molecule has 1 N–H and O–H groups in total. The average Bonchev–Trinajstić information content (AvgIpc) is 3.28. The molecule has 132 valence electrons. The van der Waals surface area contributed by atoms with E-state index in [1.54, 1.807) is 11.3 Å². The van der Waals surface area contributed by atoms with Gasteiger partial charge in [0.1, 0.15) is 0 Å². The van der Waals surface area contributed by atoms with Crippen LogP contribution >= 0.6 is 11.3 Å².